The van der Waals surface area contributed by atoms with Gasteiger partial charge in [0.1, 0.15) is 29.0 Å². The van der Waals surface area contributed by atoms with Crippen LogP contribution in [0.4, 0.5) is 29.1 Å². The number of nitrogens with zero attached hydrogens (tertiary/aromatic N) is 5. The molecular formula is C28H29ClF4N6O3. The summed E-state index contributed by atoms with van der Waals surface area (Å²) in [6.45, 7) is 2.24. The Balaban J connectivity index is 1.40. The molecule has 9 nitrogen and oxygen atoms in total. The number of pyridine rings is 1. The molecular weight excluding hydrogens is 580 g/mol. The number of likely N-dealkylation sites (N-methyl/N-ethyl adjacent to an activating group) is 2. The number of fused-ring (bicyclic) bond motifs is 1. The van der Waals surface area contributed by atoms with Crippen molar-refractivity contribution in [3.63, 3.8) is 0 Å². The maximum absolute atomic E-state index is 16.5. The van der Waals surface area contributed by atoms with Gasteiger partial charge in [-0.05, 0) is 43.9 Å². The van der Waals surface area contributed by atoms with Crippen molar-refractivity contribution in [3.05, 3.63) is 28.5 Å². The molecule has 1 aliphatic carbocycles. The van der Waals surface area contributed by atoms with E-state index in [-0.39, 0.29) is 59.7 Å². The van der Waals surface area contributed by atoms with Crippen molar-refractivity contribution >= 4 is 34.0 Å². The number of likely N-dealkylation sites (tertiary alicyclic amines) is 1. The lowest BCUT2D eigenvalue weighted by Gasteiger charge is -2.32. The molecule has 3 aromatic rings. The van der Waals surface area contributed by atoms with Gasteiger partial charge in [-0.25, -0.2) is 9.37 Å². The summed E-state index contributed by atoms with van der Waals surface area (Å²) in [4.78, 5) is 17.4. The Bertz CT molecular complexity index is 1590. The van der Waals surface area contributed by atoms with E-state index >= 15 is 4.39 Å². The minimum atomic E-state index is -4.92. The van der Waals surface area contributed by atoms with E-state index in [1.807, 2.05) is 11.9 Å². The lowest BCUT2D eigenvalue weighted by atomic mass is 10.00. The van der Waals surface area contributed by atoms with E-state index in [1.165, 1.54) is 12.8 Å². The average molecular weight is 609 g/mol. The summed E-state index contributed by atoms with van der Waals surface area (Å²) in [5, 5.41) is -0.537. The maximum atomic E-state index is 16.5. The summed E-state index contributed by atoms with van der Waals surface area (Å²) in [7, 11) is 3.85. The van der Waals surface area contributed by atoms with Crippen LogP contribution < -0.4 is 20.1 Å². The number of rotatable bonds is 4. The maximum Gasteiger partial charge on any atom is 0.418 e. The molecule has 3 aliphatic heterocycles. The molecule has 5 heterocycles. The summed E-state index contributed by atoms with van der Waals surface area (Å²) in [6, 6.07) is 1.88. The number of halogens is 5. The number of alkyl halides is 3. The van der Waals surface area contributed by atoms with Gasteiger partial charge in [-0.15, -0.1) is 0 Å². The van der Waals surface area contributed by atoms with Crippen molar-refractivity contribution in [2.75, 3.05) is 57.7 Å². The first-order valence-electron chi connectivity index (χ1n) is 13.8. The van der Waals surface area contributed by atoms with Crippen LogP contribution in [-0.4, -0.2) is 79.0 Å². The van der Waals surface area contributed by atoms with Gasteiger partial charge in [0.2, 0.25) is 5.88 Å². The molecule has 0 amide bonds. The summed E-state index contributed by atoms with van der Waals surface area (Å²) in [5.74, 6) is -0.982. The molecule has 0 bridgehead atoms. The number of ether oxygens (including phenoxy) is 3. The molecule has 2 N–H and O–H groups in total. The van der Waals surface area contributed by atoms with Crippen molar-refractivity contribution in [3.8, 4) is 23.1 Å². The number of benzene rings is 1. The number of anilines is 2. The van der Waals surface area contributed by atoms with Crippen LogP contribution in [0, 0.1) is 17.2 Å². The first-order valence-corrected chi connectivity index (χ1v) is 14.2. The third-order valence-electron chi connectivity index (χ3n) is 9.03. The van der Waals surface area contributed by atoms with Gasteiger partial charge in [0.25, 0.3) is 0 Å². The van der Waals surface area contributed by atoms with Crippen molar-refractivity contribution < 1.29 is 31.8 Å². The molecule has 3 atom stereocenters. The monoisotopic (exact) mass is 608 g/mol. The highest BCUT2D eigenvalue weighted by molar-refractivity contribution is 6.32. The van der Waals surface area contributed by atoms with Crippen molar-refractivity contribution in [2.24, 2.45) is 11.3 Å². The van der Waals surface area contributed by atoms with Gasteiger partial charge in [-0.1, -0.05) is 11.6 Å². The van der Waals surface area contributed by atoms with E-state index in [9.17, 15) is 13.2 Å². The van der Waals surface area contributed by atoms with Crippen LogP contribution in [0.1, 0.15) is 24.8 Å². The molecule has 2 saturated heterocycles. The Labute approximate surface area is 243 Å². The van der Waals surface area contributed by atoms with Crippen LogP contribution in [0.2, 0.25) is 5.02 Å². The molecule has 224 valence electrons. The molecule has 1 saturated carbocycles. The standard InChI is InChI=1S/C28H29ClF4N6O3/c1-38-12-27(3-4-27)7-15(38)10-42-26-36-23-19-24(37-26)39(2)18-11-40-8-13(18)9-41-25(19)35-22(21(23)30)16-5-14(34)6-17(29)20(16)28(31,32)33/h5-6,13,15,18H,3-4,7-12,34H2,1-2H3/t13-,15-,18+/m0/s1. The molecule has 1 aromatic carbocycles. The van der Waals surface area contributed by atoms with Gasteiger partial charge in [-0.3, -0.25) is 4.90 Å². The number of aromatic nitrogens is 3. The molecule has 1 spiro atoms. The van der Waals surface area contributed by atoms with Gasteiger partial charge in [0, 0.05) is 36.8 Å². The third kappa shape index (κ3) is 4.56. The van der Waals surface area contributed by atoms with E-state index < -0.39 is 33.8 Å². The Morgan fingerprint density at radius 3 is 2.64 bits per heavy atom. The normalized spacial score (nSPS) is 24.9. The minimum Gasteiger partial charge on any atom is -0.477 e. The number of nitrogen functional groups attached to an aromatic ring is 1. The SMILES string of the molecule is CN1CC2(CC2)C[C@H]1COc1nc2c3c(nc(-c4cc(N)cc(Cl)c4C(F)(F)F)c(F)c3n1)OC[C@@H]1COC[C@H]1N2C. The van der Waals surface area contributed by atoms with Crippen LogP contribution in [0.3, 0.4) is 0 Å². The minimum absolute atomic E-state index is 0.0812. The Hall–Kier alpha value is -3.16. The van der Waals surface area contributed by atoms with E-state index in [4.69, 9.17) is 31.5 Å². The first-order chi connectivity index (χ1) is 19.9. The average Bonchev–Trinajstić information content (AvgIpc) is 3.36. The number of hydrogen-bond acceptors (Lipinski definition) is 9. The van der Waals surface area contributed by atoms with Crippen molar-refractivity contribution in [2.45, 2.75) is 37.5 Å². The number of hydrogen-bond donors (Lipinski definition) is 1. The zero-order chi connectivity index (χ0) is 29.6. The van der Waals surface area contributed by atoms with Crippen LogP contribution in [0.5, 0.6) is 11.9 Å². The zero-order valence-corrected chi connectivity index (χ0v) is 23.7. The summed E-state index contributed by atoms with van der Waals surface area (Å²) >= 11 is 5.99. The van der Waals surface area contributed by atoms with Gasteiger partial charge in [0.05, 0.1) is 36.4 Å². The third-order valence-corrected chi connectivity index (χ3v) is 9.33. The fraction of sp³-hybridized carbons (Fsp3) is 0.536. The largest absolute Gasteiger partial charge is 0.477 e. The summed E-state index contributed by atoms with van der Waals surface area (Å²) in [5.41, 5.74) is 3.34. The number of nitrogens with two attached hydrogens (primary N) is 1. The molecule has 2 aromatic heterocycles. The highest BCUT2D eigenvalue weighted by atomic mass is 35.5. The second kappa shape index (κ2) is 9.68. The Morgan fingerprint density at radius 2 is 1.93 bits per heavy atom. The first kappa shape index (κ1) is 27.7. The van der Waals surface area contributed by atoms with Gasteiger partial charge in [-0.2, -0.15) is 23.1 Å². The molecule has 0 radical (unpaired) electrons. The van der Waals surface area contributed by atoms with E-state index in [0.717, 1.165) is 25.1 Å². The quantitative estimate of drug-likeness (QED) is 0.331. The zero-order valence-electron chi connectivity index (χ0n) is 23.0. The van der Waals surface area contributed by atoms with Crippen LogP contribution in [-0.2, 0) is 10.9 Å². The fourth-order valence-electron chi connectivity index (χ4n) is 6.60. The predicted molar refractivity (Wildman–Crippen MR) is 147 cm³/mol. The summed E-state index contributed by atoms with van der Waals surface area (Å²) < 4.78 is 76.8. The van der Waals surface area contributed by atoms with Gasteiger partial charge < -0.3 is 24.8 Å². The smallest absolute Gasteiger partial charge is 0.418 e. The van der Waals surface area contributed by atoms with E-state index in [2.05, 4.69) is 19.9 Å². The van der Waals surface area contributed by atoms with Gasteiger partial charge in [0.15, 0.2) is 5.82 Å². The fourth-order valence-corrected chi connectivity index (χ4v) is 6.94. The second-order valence-electron chi connectivity index (χ2n) is 11.9. The molecule has 0 unspecified atom stereocenters. The molecule has 3 fully saturated rings. The van der Waals surface area contributed by atoms with Crippen molar-refractivity contribution in [1.29, 1.82) is 0 Å². The van der Waals surface area contributed by atoms with Crippen LogP contribution >= 0.6 is 11.6 Å². The second-order valence-corrected chi connectivity index (χ2v) is 12.3. The van der Waals surface area contributed by atoms with Gasteiger partial charge >= 0.3 is 12.2 Å². The molecule has 42 heavy (non-hydrogen) atoms. The van der Waals surface area contributed by atoms with E-state index in [1.54, 1.807) is 7.05 Å². The molecule has 7 rings (SSSR count). The molecule has 14 heteroatoms. The van der Waals surface area contributed by atoms with Crippen LogP contribution in [0.25, 0.3) is 22.2 Å². The molecule has 4 aliphatic rings. The van der Waals surface area contributed by atoms with E-state index in [0.29, 0.717) is 24.4 Å². The Kier molecular flexibility index (Phi) is 6.37. The Morgan fingerprint density at radius 1 is 1.14 bits per heavy atom. The lowest BCUT2D eigenvalue weighted by Crippen LogP contribution is -2.41. The van der Waals surface area contributed by atoms with Crippen molar-refractivity contribution in [1.82, 2.24) is 19.9 Å². The van der Waals surface area contributed by atoms with Crippen LogP contribution in [0.15, 0.2) is 12.1 Å². The predicted octanol–water partition coefficient (Wildman–Crippen LogP) is 4.79. The topological polar surface area (TPSA) is 98.9 Å². The summed E-state index contributed by atoms with van der Waals surface area (Å²) in [6.07, 6.45) is -1.54. The highest BCUT2D eigenvalue weighted by Gasteiger charge is 2.51. The highest BCUT2D eigenvalue weighted by Crippen LogP contribution is 2.54. The lowest BCUT2D eigenvalue weighted by molar-refractivity contribution is -0.137.